The molecular weight excluding hydrogens is 440 g/mol. The van der Waals surface area contributed by atoms with Crippen LogP contribution in [0.5, 0.6) is 0 Å². The number of carbonyl (C=O) groups excluding carboxylic acids is 4. The molecule has 2 aromatic rings. The number of carbonyl (C=O) groups is 4. The molecule has 34 heavy (non-hydrogen) atoms. The van der Waals surface area contributed by atoms with Crippen molar-refractivity contribution in [2.45, 2.75) is 26.2 Å². The number of Topliss-reactive ketones (excluding diaryl/α,β-unsaturated/α-hetero) is 1. The van der Waals surface area contributed by atoms with Crippen molar-refractivity contribution in [1.82, 2.24) is 0 Å². The highest BCUT2D eigenvalue weighted by Crippen LogP contribution is 2.56. The van der Waals surface area contributed by atoms with Gasteiger partial charge in [-0.1, -0.05) is 24.3 Å². The summed E-state index contributed by atoms with van der Waals surface area (Å²) in [7, 11) is 0. The highest BCUT2D eigenvalue weighted by Gasteiger charge is 2.61. The number of nitro benzene ring substituents is 1. The number of benzene rings is 2. The van der Waals surface area contributed by atoms with E-state index in [2.05, 4.69) is 0 Å². The number of anilines is 1. The molecule has 0 N–H and O–H groups in total. The summed E-state index contributed by atoms with van der Waals surface area (Å²) in [4.78, 5) is 63.4. The van der Waals surface area contributed by atoms with E-state index < -0.39 is 23.3 Å². The van der Waals surface area contributed by atoms with Crippen molar-refractivity contribution in [3.63, 3.8) is 0 Å². The maximum atomic E-state index is 13.2. The first-order chi connectivity index (χ1) is 16.3. The first-order valence-corrected chi connectivity index (χ1v) is 11.2. The Balaban J connectivity index is 1.34. The SMILES string of the molecule is Cc1ccc(C(=O)COC(=O)c2ccccc2N2C(=O)[C@@H]3[C@H]4CC[C@@H](C4)[C@@H]3C2=O)cc1[N+](=O)[O-]. The fraction of sp³-hybridized carbons (Fsp3) is 0.360. The van der Waals surface area contributed by atoms with E-state index in [-0.39, 0.29) is 58.0 Å². The maximum absolute atomic E-state index is 13.2. The molecule has 1 aliphatic heterocycles. The molecule has 0 radical (unpaired) electrons. The van der Waals surface area contributed by atoms with Gasteiger partial charge < -0.3 is 4.74 Å². The molecule has 2 amide bonds. The van der Waals surface area contributed by atoms with Crippen molar-refractivity contribution < 1.29 is 28.8 Å². The summed E-state index contributed by atoms with van der Waals surface area (Å²) < 4.78 is 5.19. The lowest BCUT2D eigenvalue weighted by molar-refractivity contribution is -0.385. The number of fused-ring (bicyclic) bond motifs is 5. The van der Waals surface area contributed by atoms with E-state index in [1.54, 1.807) is 19.1 Å². The zero-order valence-electron chi connectivity index (χ0n) is 18.4. The zero-order chi connectivity index (χ0) is 24.1. The second-order valence-electron chi connectivity index (χ2n) is 9.17. The van der Waals surface area contributed by atoms with E-state index in [4.69, 9.17) is 4.74 Å². The van der Waals surface area contributed by atoms with Gasteiger partial charge in [-0.15, -0.1) is 0 Å². The predicted molar refractivity (Wildman–Crippen MR) is 119 cm³/mol. The molecule has 4 atom stereocenters. The minimum Gasteiger partial charge on any atom is -0.454 e. The Hall–Kier alpha value is -3.88. The number of hydrogen-bond acceptors (Lipinski definition) is 7. The van der Waals surface area contributed by atoms with Crippen LogP contribution in [-0.2, 0) is 14.3 Å². The third-order valence-electron chi connectivity index (χ3n) is 7.35. The lowest BCUT2D eigenvalue weighted by Gasteiger charge is -2.19. The number of nitrogens with zero attached hydrogens (tertiary/aromatic N) is 2. The summed E-state index contributed by atoms with van der Waals surface area (Å²) >= 11 is 0. The van der Waals surface area contributed by atoms with Gasteiger partial charge in [0.05, 0.1) is 28.0 Å². The van der Waals surface area contributed by atoms with Gasteiger partial charge in [0.15, 0.2) is 6.61 Å². The van der Waals surface area contributed by atoms with Crippen LogP contribution in [0.25, 0.3) is 0 Å². The summed E-state index contributed by atoms with van der Waals surface area (Å²) in [5, 5.41) is 11.1. The van der Waals surface area contributed by atoms with Crippen LogP contribution in [0, 0.1) is 40.7 Å². The molecule has 5 rings (SSSR count). The Kier molecular flexibility index (Phi) is 5.27. The topological polar surface area (TPSA) is 124 Å². The Morgan fingerprint density at radius 1 is 1.06 bits per heavy atom. The molecule has 9 heteroatoms. The second-order valence-corrected chi connectivity index (χ2v) is 9.17. The lowest BCUT2D eigenvalue weighted by atomic mass is 9.81. The number of amides is 2. The Morgan fingerprint density at radius 3 is 2.35 bits per heavy atom. The number of imide groups is 1. The number of hydrogen-bond donors (Lipinski definition) is 0. The number of rotatable bonds is 6. The molecule has 0 unspecified atom stereocenters. The Bertz CT molecular complexity index is 1230. The van der Waals surface area contributed by atoms with E-state index >= 15 is 0 Å². The van der Waals surface area contributed by atoms with Crippen molar-refractivity contribution in [1.29, 1.82) is 0 Å². The minimum atomic E-state index is -0.855. The molecule has 9 nitrogen and oxygen atoms in total. The monoisotopic (exact) mass is 462 g/mol. The molecule has 3 aliphatic rings. The average molecular weight is 462 g/mol. The van der Waals surface area contributed by atoms with Crippen LogP contribution in [0.4, 0.5) is 11.4 Å². The quantitative estimate of drug-likeness (QED) is 0.212. The zero-order valence-corrected chi connectivity index (χ0v) is 18.4. The third kappa shape index (κ3) is 3.39. The molecular formula is C25H22N2O7. The van der Waals surface area contributed by atoms with Crippen molar-refractivity contribution in [2.24, 2.45) is 23.7 Å². The molecule has 2 aromatic carbocycles. The molecule has 2 aliphatic carbocycles. The van der Waals surface area contributed by atoms with Crippen LogP contribution < -0.4 is 4.90 Å². The molecule has 2 saturated carbocycles. The lowest BCUT2D eigenvalue weighted by Crippen LogP contribution is -2.34. The van der Waals surface area contributed by atoms with Crippen molar-refractivity contribution in [2.75, 3.05) is 11.5 Å². The first kappa shape index (κ1) is 21.9. The van der Waals surface area contributed by atoms with Crippen molar-refractivity contribution in [3.8, 4) is 0 Å². The van der Waals surface area contributed by atoms with E-state index in [0.717, 1.165) is 30.2 Å². The van der Waals surface area contributed by atoms with Gasteiger partial charge in [-0.05, 0) is 50.2 Å². The van der Waals surface area contributed by atoms with Gasteiger partial charge in [0.1, 0.15) is 0 Å². The summed E-state index contributed by atoms with van der Waals surface area (Å²) in [5.41, 5.74) is 0.430. The number of ether oxygens (including phenoxy) is 1. The molecule has 0 aromatic heterocycles. The van der Waals surface area contributed by atoms with Gasteiger partial charge >= 0.3 is 5.97 Å². The maximum Gasteiger partial charge on any atom is 0.340 e. The molecule has 0 spiro atoms. The minimum absolute atomic E-state index is 0.0132. The van der Waals surface area contributed by atoms with Crippen molar-refractivity contribution in [3.05, 3.63) is 69.3 Å². The number of aryl methyl sites for hydroxylation is 1. The normalized spacial score (nSPS) is 24.9. The van der Waals surface area contributed by atoms with Crippen LogP contribution in [0.15, 0.2) is 42.5 Å². The number of nitro groups is 1. The number of esters is 1. The van der Waals surface area contributed by atoms with Crippen LogP contribution in [0.2, 0.25) is 0 Å². The predicted octanol–water partition coefficient (Wildman–Crippen LogP) is 3.48. The highest BCUT2D eigenvalue weighted by atomic mass is 16.6. The fourth-order valence-electron chi connectivity index (χ4n) is 5.76. The highest BCUT2D eigenvalue weighted by molar-refractivity contribution is 6.24. The summed E-state index contributed by atoms with van der Waals surface area (Å²) in [6.45, 7) is 0.925. The largest absolute Gasteiger partial charge is 0.454 e. The van der Waals surface area contributed by atoms with E-state index in [1.807, 2.05) is 0 Å². The first-order valence-electron chi connectivity index (χ1n) is 11.2. The van der Waals surface area contributed by atoms with Crippen LogP contribution in [0.1, 0.15) is 45.5 Å². The smallest absolute Gasteiger partial charge is 0.340 e. The van der Waals surface area contributed by atoms with Gasteiger partial charge in [-0.2, -0.15) is 0 Å². The Morgan fingerprint density at radius 2 is 1.71 bits per heavy atom. The van der Waals surface area contributed by atoms with E-state index in [9.17, 15) is 29.3 Å². The average Bonchev–Trinajstić information content (AvgIpc) is 3.51. The van der Waals surface area contributed by atoms with Crippen molar-refractivity contribution >= 4 is 34.9 Å². The molecule has 1 saturated heterocycles. The van der Waals surface area contributed by atoms with Gasteiger partial charge in [0.2, 0.25) is 17.6 Å². The van der Waals surface area contributed by atoms with Crippen LogP contribution >= 0.6 is 0 Å². The molecule has 3 fully saturated rings. The second kappa shape index (κ2) is 8.16. The summed E-state index contributed by atoms with van der Waals surface area (Å²) in [6, 6.07) is 10.2. The van der Waals surface area contributed by atoms with Gasteiger partial charge in [-0.3, -0.25) is 24.5 Å². The number of para-hydroxylation sites is 1. The fourth-order valence-corrected chi connectivity index (χ4v) is 5.76. The summed E-state index contributed by atoms with van der Waals surface area (Å²) in [6.07, 6.45) is 2.80. The third-order valence-corrected chi connectivity index (χ3v) is 7.35. The van der Waals surface area contributed by atoms with Gasteiger partial charge in [0, 0.05) is 17.2 Å². The molecule has 1 heterocycles. The van der Waals surface area contributed by atoms with E-state index in [1.165, 1.54) is 24.3 Å². The standard InChI is InChI=1S/C25H22N2O7/c1-13-6-7-14(11-19(13)27(32)33)20(28)12-34-25(31)17-4-2-3-5-18(17)26-23(29)21-15-8-9-16(10-15)22(21)24(26)30/h2-7,11,15-16,21-22H,8-10,12H2,1H3/t15-,16-,21-,22+/m0/s1. The molecule has 2 bridgehead atoms. The van der Waals surface area contributed by atoms with E-state index in [0.29, 0.717) is 5.56 Å². The van der Waals surface area contributed by atoms with Crippen LogP contribution in [-0.4, -0.2) is 35.1 Å². The van der Waals surface area contributed by atoms with Gasteiger partial charge in [0.25, 0.3) is 5.69 Å². The Labute approximate surface area is 194 Å². The number of ketones is 1. The molecule has 174 valence electrons. The van der Waals surface area contributed by atoms with Crippen LogP contribution in [0.3, 0.4) is 0 Å². The van der Waals surface area contributed by atoms with Gasteiger partial charge in [-0.25, -0.2) is 9.69 Å². The summed E-state index contributed by atoms with van der Waals surface area (Å²) in [5.74, 6) is -2.22.